The van der Waals surface area contributed by atoms with Crippen molar-refractivity contribution in [1.29, 1.82) is 0 Å². The molecule has 2 aromatic heterocycles. The van der Waals surface area contributed by atoms with Crippen molar-refractivity contribution in [2.45, 2.75) is 24.5 Å². The predicted molar refractivity (Wildman–Crippen MR) is 128 cm³/mol. The molecule has 0 aliphatic carbocycles. The van der Waals surface area contributed by atoms with E-state index in [1.165, 1.54) is 16.6 Å². The molecule has 0 fully saturated rings. The number of carbonyl (C=O) groups excluding carboxylic acids is 1. The van der Waals surface area contributed by atoms with Gasteiger partial charge in [-0.2, -0.15) is 0 Å². The molecule has 1 atom stereocenters. The highest BCUT2D eigenvalue weighted by molar-refractivity contribution is 7.99. The lowest BCUT2D eigenvalue weighted by atomic mass is 10.1. The van der Waals surface area contributed by atoms with Gasteiger partial charge in [-0.1, -0.05) is 42.1 Å². The highest BCUT2D eigenvalue weighted by atomic mass is 32.2. The van der Waals surface area contributed by atoms with Crippen LogP contribution in [0.2, 0.25) is 0 Å². The van der Waals surface area contributed by atoms with Crippen LogP contribution in [0, 0.1) is 0 Å². The molecular weight excluding hydrogens is 456 g/mol. The van der Waals surface area contributed by atoms with Gasteiger partial charge in [0.25, 0.3) is 0 Å². The van der Waals surface area contributed by atoms with E-state index in [0.29, 0.717) is 17.3 Å². The number of thiophene rings is 1. The summed E-state index contributed by atoms with van der Waals surface area (Å²) >= 11 is 3.07. The average molecular weight is 479 g/mol. The largest absolute Gasteiger partial charge is 0.454 e. The third-order valence-corrected chi connectivity index (χ3v) is 7.04. The van der Waals surface area contributed by atoms with Crippen LogP contribution in [0.3, 0.4) is 0 Å². The van der Waals surface area contributed by atoms with Gasteiger partial charge in [0.05, 0.1) is 11.8 Å². The van der Waals surface area contributed by atoms with Crippen molar-refractivity contribution >= 4 is 29.0 Å². The molecule has 168 valence electrons. The highest BCUT2D eigenvalue weighted by Crippen LogP contribution is 2.34. The molecule has 1 aliphatic rings. The Bertz CT molecular complexity index is 1240. The number of para-hydroxylation sites is 1. The van der Waals surface area contributed by atoms with Crippen LogP contribution in [0.4, 0.5) is 0 Å². The van der Waals surface area contributed by atoms with E-state index in [0.717, 1.165) is 22.8 Å². The second-order valence-electron chi connectivity index (χ2n) is 7.52. The Morgan fingerprint density at radius 3 is 2.79 bits per heavy atom. The van der Waals surface area contributed by atoms with Gasteiger partial charge in [-0.3, -0.25) is 9.36 Å². The van der Waals surface area contributed by atoms with Gasteiger partial charge in [0.15, 0.2) is 16.7 Å². The molecule has 1 aliphatic heterocycles. The minimum Gasteiger partial charge on any atom is -0.454 e. The summed E-state index contributed by atoms with van der Waals surface area (Å²) in [4.78, 5) is 13.9. The fourth-order valence-electron chi connectivity index (χ4n) is 3.59. The third kappa shape index (κ3) is 4.89. The van der Waals surface area contributed by atoms with Crippen LogP contribution < -0.4 is 14.8 Å². The zero-order chi connectivity index (χ0) is 22.6. The van der Waals surface area contributed by atoms with E-state index in [1.54, 1.807) is 11.3 Å². The van der Waals surface area contributed by atoms with Crippen LogP contribution in [-0.4, -0.2) is 33.2 Å². The van der Waals surface area contributed by atoms with E-state index in [4.69, 9.17) is 9.47 Å². The van der Waals surface area contributed by atoms with Crippen molar-refractivity contribution in [2.24, 2.45) is 0 Å². The molecule has 5 rings (SSSR count). The van der Waals surface area contributed by atoms with Crippen molar-refractivity contribution < 1.29 is 14.3 Å². The quantitative estimate of drug-likeness (QED) is 0.373. The van der Waals surface area contributed by atoms with Crippen molar-refractivity contribution in [1.82, 2.24) is 20.1 Å². The lowest BCUT2D eigenvalue weighted by Crippen LogP contribution is -2.28. The van der Waals surface area contributed by atoms with Gasteiger partial charge < -0.3 is 14.8 Å². The van der Waals surface area contributed by atoms with Crippen molar-refractivity contribution in [3.8, 4) is 17.2 Å². The molecule has 0 saturated heterocycles. The molecule has 0 spiro atoms. The number of fused-ring (bicyclic) bond motifs is 1. The number of nitrogens with one attached hydrogen (secondary N) is 1. The molecule has 7 nitrogen and oxygen atoms in total. The zero-order valence-electron chi connectivity index (χ0n) is 17.9. The topological polar surface area (TPSA) is 78.3 Å². The van der Waals surface area contributed by atoms with Crippen molar-refractivity contribution in [3.05, 3.63) is 82.3 Å². The molecule has 0 radical (unpaired) electrons. The number of ether oxygens (including phenoxy) is 2. The second-order valence-corrected chi connectivity index (χ2v) is 9.49. The highest BCUT2D eigenvalue weighted by Gasteiger charge is 2.19. The zero-order valence-corrected chi connectivity index (χ0v) is 19.6. The third-order valence-electron chi connectivity index (χ3n) is 5.23. The van der Waals surface area contributed by atoms with E-state index in [9.17, 15) is 4.79 Å². The molecule has 9 heteroatoms. The minimum absolute atomic E-state index is 0.0763. The van der Waals surface area contributed by atoms with Gasteiger partial charge in [-0.05, 0) is 48.2 Å². The van der Waals surface area contributed by atoms with E-state index in [-0.39, 0.29) is 24.5 Å². The molecule has 3 heterocycles. The molecular formula is C24H22N4O3S2. The van der Waals surface area contributed by atoms with E-state index < -0.39 is 0 Å². The lowest BCUT2D eigenvalue weighted by molar-refractivity contribution is -0.119. The van der Waals surface area contributed by atoms with Crippen LogP contribution in [0.15, 0.2) is 71.2 Å². The maximum Gasteiger partial charge on any atom is 0.231 e. The number of carbonyl (C=O) groups is 1. The van der Waals surface area contributed by atoms with Gasteiger partial charge in [0.1, 0.15) is 5.82 Å². The standard InChI is InChI=1S/C24H22N4O3S2/c1-16(17-9-10-20-21(12-17)31-15-30-20)25-23(29)14-33-24-27-26-22(13-19-8-5-11-32-19)28(24)18-6-3-2-4-7-18/h2-12,16H,13-15H2,1H3,(H,25,29)/t16-/m0/s1. The molecule has 0 saturated carbocycles. The van der Waals surface area contributed by atoms with Gasteiger partial charge in [0.2, 0.25) is 12.7 Å². The number of aromatic nitrogens is 3. The number of hydrogen-bond acceptors (Lipinski definition) is 7. The molecule has 0 unspecified atom stereocenters. The van der Waals surface area contributed by atoms with E-state index in [2.05, 4.69) is 27.0 Å². The summed E-state index contributed by atoms with van der Waals surface area (Å²) in [7, 11) is 0. The Kier molecular flexibility index (Phi) is 6.32. The molecule has 33 heavy (non-hydrogen) atoms. The van der Waals surface area contributed by atoms with E-state index >= 15 is 0 Å². The fraction of sp³-hybridized carbons (Fsp3) is 0.208. The number of amides is 1. The summed E-state index contributed by atoms with van der Waals surface area (Å²) in [5.74, 6) is 2.44. The van der Waals surface area contributed by atoms with Gasteiger partial charge in [0, 0.05) is 17.0 Å². The summed E-state index contributed by atoms with van der Waals surface area (Å²) in [5.41, 5.74) is 1.94. The second kappa shape index (κ2) is 9.68. The number of rotatable bonds is 8. The smallest absolute Gasteiger partial charge is 0.231 e. The normalized spacial score (nSPS) is 13.1. The lowest BCUT2D eigenvalue weighted by Gasteiger charge is -2.15. The van der Waals surface area contributed by atoms with Gasteiger partial charge in [-0.25, -0.2) is 0 Å². The van der Waals surface area contributed by atoms with Crippen LogP contribution >= 0.6 is 23.1 Å². The monoisotopic (exact) mass is 478 g/mol. The first kappa shape index (κ1) is 21.5. The number of hydrogen-bond donors (Lipinski definition) is 1. The first-order valence-corrected chi connectivity index (χ1v) is 12.4. The van der Waals surface area contributed by atoms with Crippen LogP contribution in [0.25, 0.3) is 5.69 Å². The fourth-order valence-corrected chi connectivity index (χ4v) is 5.08. The van der Waals surface area contributed by atoms with Crippen LogP contribution in [0.5, 0.6) is 11.5 Å². The minimum atomic E-state index is -0.158. The predicted octanol–water partition coefficient (Wildman–Crippen LogP) is 4.62. The van der Waals surface area contributed by atoms with Crippen molar-refractivity contribution in [2.75, 3.05) is 12.5 Å². The number of benzene rings is 2. The SMILES string of the molecule is C[C@H](NC(=O)CSc1nnc(Cc2cccs2)n1-c1ccccc1)c1ccc2c(c1)OCO2. The average Bonchev–Trinajstić information content (AvgIpc) is 3.59. The first-order valence-electron chi connectivity index (χ1n) is 10.5. The van der Waals surface area contributed by atoms with Crippen molar-refractivity contribution in [3.63, 3.8) is 0 Å². The molecule has 0 bridgehead atoms. The summed E-state index contributed by atoms with van der Waals surface area (Å²) in [5, 5.41) is 14.6. The van der Waals surface area contributed by atoms with Crippen LogP contribution in [0.1, 0.15) is 29.2 Å². The van der Waals surface area contributed by atoms with Gasteiger partial charge >= 0.3 is 0 Å². The van der Waals surface area contributed by atoms with Gasteiger partial charge in [-0.15, -0.1) is 21.5 Å². The van der Waals surface area contributed by atoms with Crippen LogP contribution in [-0.2, 0) is 11.2 Å². The maximum atomic E-state index is 12.7. The maximum absolute atomic E-state index is 12.7. The Morgan fingerprint density at radius 1 is 1.12 bits per heavy atom. The Labute approximate surface area is 199 Å². The first-order chi connectivity index (χ1) is 16.2. The summed E-state index contributed by atoms with van der Waals surface area (Å²) in [6, 6.07) is 19.7. The molecule has 2 aromatic carbocycles. The molecule has 4 aromatic rings. The summed E-state index contributed by atoms with van der Waals surface area (Å²) in [6.07, 6.45) is 0.688. The Hall–Kier alpha value is -3.30. The Morgan fingerprint density at radius 2 is 1.97 bits per heavy atom. The molecule has 1 amide bonds. The number of nitrogens with zero attached hydrogens (tertiary/aromatic N) is 3. The molecule has 1 N–H and O–H groups in total. The number of thioether (sulfide) groups is 1. The summed E-state index contributed by atoms with van der Waals surface area (Å²) < 4.78 is 12.8. The van der Waals surface area contributed by atoms with E-state index in [1.807, 2.05) is 66.1 Å². The summed E-state index contributed by atoms with van der Waals surface area (Å²) in [6.45, 7) is 2.18. The Balaban J connectivity index is 1.28.